The number of piperazine rings is 1. The first-order valence-electron chi connectivity index (χ1n) is 21.3. The number of piperidine rings is 1. The lowest BCUT2D eigenvalue weighted by Gasteiger charge is -2.44. The second kappa shape index (κ2) is 16.8. The maximum atomic E-state index is 12.9. The van der Waals surface area contributed by atoms with Crippen LogP contribution in [-0.2, 0) is 4.79 Å². The molecule has 4 amide bonds. The number of para-hydroxylation sites is 1. The summed E-state index contributed by atoms with van der Waals surface area (Å²) in [6.07, 6.45) is 8.43. The van der Waals surface area contributed by atoms with E-state index in [-0.39, 0.29) is 18.0 Å². The first-order chi connectivity index (χ1) is 28.4. The van der Waals surface area contributed by atoms with E-state index in [1.807, 2.05) is 66.7 Å². The monoisotopic (exact) mass is 785 g/mol. The number of imide groups is 1. The summed E-state index contributed by atoms with van der Waals surface area (Å²) in [6, 6.07) is 26.2. The molecule has 3 aromatic carbocycles. The second-order valence-electron chi connectivity index (χ2n) is 16.7. The molecule has 5 heterocycles. The van der Waals surface area contributed by atoms with E-state index in [0.717, 1.165) is 93.6 Å². The SMILES string of the molecule is NC(=O)c1c(-c2ccc(Oc3ccccc3)cc2)nn2c1NCC[C@H]2C1CCC(N2CCN(CC3CCN(c4ccc(N5CCC(=O)NC5=O)cc4)CC3)CC2)CC1. The highest BCUT2D eigenvalue weighted by Gasteiger charge is 2.37. The summed E-state index contributed by atoms with van der Waals surface area (Å²) in [5.41, 5.74) is 9.98. The predicted octanol–water partition coefficient (Wildman–Crippen LogP) is 6.34. The summed E-state index contributed by atoms with van der Waals surface area (Å²) >= 11 is 0. The third-order valence-electron chi connectivity index (χ3n) is 13.2. The number of carbonyl (C=O) groups excluding carboxylic acids is 3. The third kappa shape index (κ3) is 8.15. The number of benzene rings is 3. The van der Waals surface area contributed by atoms with Crippen molar-refractivity contribution in [3.63, 3.8) is 0 Å². The Hall–Kier alpha value is -5.40. The smallest absolute Gasteiger partial charge is 0.328 e. The normalized spacial score (nSPS) is 23.6. The van der Waals surface area contributed by atoms with E-state index in [1.54, 1.807) is 4.90 Å². The highest BCUT2D eigenvalue weighted by atomic mass is 16.5. The summed E-state index contributed by atoms with van der Waals surface area (Å²) in [6.45, 7) is 9.06. The minimum atomic E-state index is -0.461. The molecule has 4 N–H and O–H groups in total. The number of amides is 4. The molecule has 0 radical (unpaired) electrons. The van der Waals surface area contributed by atoms with Crippen LogP contribution in [0, 0.1) is 11.8 Å². The molecule has 3 saturated heterocycles. The maximum absolute atomic E-state index is 12.9. The van der Waals surface area contributed by atoms with Gasteiger partial charge in [0.15, 0.2) is 0 Å². The Kier molecular flexibility index (Phi) is 11.1. The molecule has 13 nitrogen and oxygen atoms in total. The Morgan fingerprint density at radius 1 is 0.759 bits per heavy atom. The molecule has 4 aliphatic heterocycles. The average molecular weight is 786 g/mol. The number of urea groups is 1. The fourth-order valence-electron chi connectivity index (χ4n) is 10.0. The summed E-state index contributed by atoms with van der Waals surface area (Å²) in [5.74, 6) is 2.81. The van der Waals surface area contributed by atoms with E-state index in [0.29, 0.717) is 42.1 Å². The number of hydrogen-bond acceptors (Lipinski definition) is 9. The Labute approximate surface area is 340 Å². The number of hydrogen-bond donors (Lipinski definition) is 3. The van der Waals surface area contributed by atoms with E-state index in [4.69, 9.17) is 15.6 Å². The van der Waals surface area contributed by atoms with Gasteiger partial charge >= 0.3 is 6.03 Å². The zero-order chi connectivity index (χ0) is 39.6. The number of anilines is 3. The fraction of sp³-hybridized carbons (Fsp3) is 0.467. The first kappa shape index (κ1) is 38.1. The van der Waals surface area contributed by atoms with Crippen LogP contribution in [0.5, 0.6) is 11.5 Å². The number of rotatable bonds is 10. The van der Waals surface area contributed by atoms with Crippen LogP contribution in [0.4, 0.5) is 22.0 Å². The van der Waals surface area contributed by atoms with Crippen LogP contribution < -0.4 is 30.9 Å². The quantitative estimate of drug-likeness (QED) is 0.168. The number of nitrogens with zero attached hydrogens (tertiary/aromatic N) is 6. The molecule has 58 heavy (non-hydrogen) atoms. The van der Waals surface area contributed by atoms with Gasteiger partial charge in [-0.3, -0.25) is 24.7 Å². The van der Waals surface area contributed by atoms with Crippen molar-refractivity contribution in [2.24, 2.45) is 17.6 Å². The van der Waals surface area contributed by atoms with Crippen LogP contribution in [0.2, 0.25) is 0 Å². The van der Waals surface area contributed by atoms with Gasteiger partial charge in [0.25, 0.3) is 5.91 Å². The van der Waals surface area contributed by atoms with Crippen molar-refractivity contribution in [2.75, 3.05) is 74.0 Å². The largest absolute Gasteiger partial charge is 0.457 e. The fourth-order valence-corrected chi connectivity index (χ4v) is 10.0. The van der Waals surface area contributed by atoms with Gasteiger partial charge in [-0.05, 0) is 117 Å². The molecule has 4 fully saturated rings. The van der Waals surface area contributed by atoms with Crippen molar-refractivity contribution < 1.29 is 19.1 Å². The highest BCUT2D eigenvalue weighted by Crippen LogP contribution is 2.42. The van der Waals surface area contributed by atoms with Crippen LogP contribution in [0.1, 0.15) is 67.8 Å². The number of ether oxygens (including phenoxy) is 1. The molecule has 0 bridgehead atoms. The highest BCUT2D eigenvalue weighted by molar-refractivity contribution is 6.05. The van der Waals surface area contributed by atoms with Crippen molar-refractivity contribution in [2.45, 2.75) is 63.5 Å². The number of nitrogens with one attached hydrogen (secondary N) is 2. The van der Waals surface area contributed by atoms with Gasteiger partial charge in [-0.15, -0.1) is 0 Å². The number of aromatic nitrogens is 2. The Morgan fingerprint density at radius 3 is 2.14 bits per heavy atom. The summed E-state index contributed by atoms with van der Waals surface area (Å²) < 4.78 is 8.08. The van der Waals surface area contributed by atoms with E-state index < -0.39 is 5.91 Å². The molecule has 4 aromatic rings. The van der Waals surface area contributed by atoms with Crippen molar-refractivity contribution in [3.05, 3.63) is 84.4 Å². The molecular formula is C45H55N9O4. The summed E-state index contributed by atoms with van der Waals surface area (Å²) in [7, 11) is 0. The lowest BCUT2D eigenvalue weighted by atomic mass is 9.79. The molecule has 1 aliphatic carbocycles. The van der Waals surface area contributed by atoms with E-state index in [1.165, 1.54) is 37.9 Å². The minimum absolute atomic E-state index is 0.211. The van der Waals surface area contributed by atoms with Gasteiger partial charge in [0, 0.05) is 88.3 Å². The summed E-state index contributed by atoms with van der Waals surface area (Å²) in [4.78, 5) is 46.2. The number of fused-ring (bicyclic) bond motifs is 1. The van der Waals surface area contributed by atoms with Crippen molar-refractivity contribution in [1.82, 2.24) is 24.9 Å². The molecule has 5 aliphatic rings. The Balaban J connectivity index is 0.742. The lowest BCUT2D eigenvalue weighted by Crippen LogP contribution is -2.52. The molecule has 13 heteroatoms. The van der Waals surface area contributed by atoms with Crippen molar-refractivity contribution in [1.29, 1.82) is 0 Å². The standard InChI is InChI=1S/C45H55N9O4/c46-43(56)41-42(33-8-16-38(17-9-33)58-37-4-2-1-3-5-37)49-54-39(18-22-47-44(41)54)32-6-10-34(11-7-32)52-28-26-50(27-29-52)30-31-19-23-51(24-20-31)35-12-14-36(15-13-35)53-25-21-40(55)48-45(53)57/h1-5,8-9,12-17,31-32,34,39,47H,6-7,10-11,18-30H2,(H2,46,56)(H,48,55,57)/t32?,34?,39-/m0/s1. The zero-order valence-electron chi connectivity index (χ0n) is 33.2. The van der Waals surface area contributed by atoms with Crippen LogP contribution in [-0.4, -0.2) is 102 Å². The third-order valence-corrected chi connectivity index (χ3v) is 13.2. The number of nitrogens with two attached hydrogens (primary N) is 1. The van der Waals surface area contributed by atoms with Gasteiger partial charge in [-0.2, -0.15) is 5.10 Å². The van der Waals surface area contributed by atoms with Gasteiger partial charge < -0.3 is 25.6 Å². The van der Waals surface area contributed by atoms with Crippen LogP contribution in [0.25, 0.3) is 11.3 Å². The zero-order valence-corrected chi connectivity index (χ0v) is 33.2. The van der Waals surface area contributed by atoms with Gasteiger partial charge in [-0.1, -0.05) is 18.2 Å². The molecule has 0 unspecified atom stereocenters. The lowest BCUT2D eigenvalue weighted by molar-refractivity contribution is -0.120. The molecule has 0 spiro atoms. The van der Waals surface area contributed by atoms with Crippen LogP contribution in [0.15, 0.2) is 78.9 Å². The maximum Gasteiger partial charge on any atom is 0.328 e. The van der Waals surface area contributed by atoms with Gasteiger partial charge in [0.1, 0.15) is 28.6 Å². The van der Waals surface area contributed by atoms with Crippen molar-refractivity contribution >= 4 is 35.0 Å². The second-order valence-corrected chi connectivity index (χ2v) is 16.7. The molecule has 304 valence electrons. The molecular weight excluding hydrogens is 731 g/mol. The van der Waals surface area contributed by atoms with Gasteiger partial charge in [0.2, 0.25) is 5.91 Å². The van der Waals surface area contributed by atoms with Crippen molar-refractivity contribution in [3.8, 4) is 22.8 Å². The number of primary amides is 1. The van der Waals surface area contributed by atoms with E-state index >= 15 is 0 Å². The van der Waals surface area contributed by atoms with E-state index in [9.17, 15) is 14.4 Å². The predicted molar refractivity (Wildman–Crippen MR) is 225 cm³/mol. The first-order valence-corrected chi connectivity index (χ1v) is 21.3. The van der Waals surface area contributed by atoms with Gasteiger partial charge in [-0.25, -0.2) is 9.48 Å². The van der Waals surface area contributed by atoms with Crippen LogP contribution >= 0.6 is 0 Å². The molecule has 1 saturated carbocycles. The minimum Gasteiger partial charge on any atom is -0.457 e. The topological polar surface area (TPSA) is 141 Å². The Morgan fingerprint density at radius 2 is 1.45 bits per heavy atom. The van der Waals surface area contributed by atoms with Crippen LogP contribution in [0.3, 0.4) is 0 Å². The summed E-state index contributed by atoms with van der Waals surface area (Å²) in [5, 5.41) is 11.0. The molecule has 1 aromatic heterocycles. The number of carbonyl (C=O) groups is 3. The van der Waals surface area contributed by atoms with Gasteiger partial charge in [0.05, 0.1) is 6.04 Å². The Bertz CT molecular complexity index is 2070. The molecule has 9 rings (SSSR count). The average Bonchev–Trinajstić information content (AvgIpc) is 3.66. The van der Waals surface area contributed by atoms with E-state index in [2.05, 4.69) is 42.1 Å². The molecule has 1 atom stereocenters.